The van der Waals surface area contributed by atoms with E-state index in [1.165, 1.54) is 0 Å². The molecule has 1 aromatic heterocycles. The van der Waals surface area contributed by atoms with Crippen molar-refractivity contribution in [2.75, 3.05) is 34.8 Å². The number of aryl methyl sites for hydroxylation is 1. The SMILES string of the molecule is Cc1nn(Cc2ccccc2)c(Cl)c1C(=O)Nc1ccc(N2CCSCC2)c(Cl)c1. The van der Waals surface area contributed by atoms with Gasteiger partial charge in [-0.25, -0.2) is 4.68 Å². The number of nitrogens with zero attached hydrogens (tertiary/aromatic N) is 3. The zero-order chi connectivity index (χ0) is 21.1. The number of halogens is 2. The van der Waals surface area contributed by atoms with Gasteiger partial charge < -0.3 is 10.2 Å². The fourth-order valence-electron chi connectivity index (χ4n) is 3.51. The summed E-state index contributed by atoms with van der Waals surface area (Å²) in [4.78, 5) is 15.2. The number of rotatable bonds is 5. The Kier molecular flexibility index (Phi) is 6.56. The molecule has 156 valence electrons. The molecule has 4 rings (SSSR count). The molecule has 2 heterocycles. The van der Waals surface area contributed by atoms with Crippen molar-refractivity contribution in [1.29, 1.82) is 0 Å². The number of anilines is 2. The number of thioether (sulfide) groups is 1. The van der Waals surface area contributed by atoms with Crippen molar-refractivity contribution in [3.05, 3.63) is 75.5 Å². The molecular weight excluding hydrogens is 439 g/mol. The average Bonchev–Trinajstić information content (AvgIpc) is 3.02. The molecule has 8 heteroatoms. The fourth-order valence-corrected chi connectivity index (χ4v) is 5.03. The molecular formula is C22H22Cl2N4OS. The van der Waals surface area contributed by atoms with Crippen molar-refractivity contribution in [2.24, 2.45) is 0 Å². The predicted molar refractivity (Wildman–Crippen MR) is 126 cm³/mol. The lowest BCUT2D eigenvalue weighted by Crippen LogP contribution is -2.32. The molecule has 0 unspecified atom stereocenters. The van der Waals surface area contributed by atoms with Crippen molar-refractivity contribution >= 4 is 52.2 Å². The summed E-state index contributed by atoms with van der Waals surface area (Å²) in [6, 6.07) is 15.5. The van der Waals surface area contributed by atoms with Crippen molar-refractivity contribution in [3.63, 3.8) is 0 Å². The van der Waals surface area contributed by atoms with E-state index < -0.39 is 0 Å². The molecule has 0 aliphatic carbocycles. The second kappa shape index (κ2) is 9.33. The van der Waals surface area contributed by atoms with Crippen LogP contribution < -0.4 is 10.2 Å². The normalized spacial score (nSPS) is 14.0. The maximum Gasteiger partial charge on any atom is 0.260 e. The van der Waals surface area contributed by atoms with Crippen LogP contribution in [0.3, 0.4) is 0 Å². The molecule has 0 radical (unpaired) electrons. The number of nitrogens with one attached hydrogen (secondary N) is 1. The number of benzene rings is 2. The molecule has 1 aliphatic heterocycles. The number of carbonyl (C=O) groups is 1. The third kappa shape index (κ3) is 4.61. The van der Waals surface area contributed by atoms with Crippen LogP contribution in [0, 0.1) is 6.92 Å². The van der Waals surface area contributed by atoms with Crippen LogP contribution in [0.2, 0.25) is 10.2 Å². The van der Waals surface area contributed by atoms with E-state index in [0.29, 0.717) is 33.7 Å². The molecule has 0 saturated carbocycles. The van der Waals surface area contributed by atoms with Crippen LogP contribution in [0.15, 0.2) is 48.5 Å². The second-order valence-electron chi connectivity index (χ2n) is 7.11. The molecule has 0 bridgehead atoms. The van der Waals surface area contributed by atoms with Gasteiger partial charge in [0.25, 0.3) is 5.91 Å². The summed E-state index contributed by atoms with van der Waals surface area (Å²) in [5.41, 5.74) is 3.65. The quantitative estimate of drug-likeness (QED) is 0.557. The zero-order valence-electron chi connectivity index (χ0n) is 16.6. The first-order valence-electron chi connectivity index (χ1n) is 9.73. The summed E-state index contributed by atoms with van der Waals surface area (Å²) in [5, 5.41) is 8.30. The molecule has 1 saturated heterocycles. The van der Waals surface area contributed by atoms with Crippen molar-refractivity contribution in [3.8, 4) is 0 Å². The van der Waals surface area contributed by atoms with Gasteiger partial charge in [-0.3, -0.25) is 4.79 Å². The molecule has 1 aliphatic rings. The van der Waals surface area contributed by atoms with E-state index in [-0.39, 0.29) is 5.91 Å². The Morgan fingerprint density at radius 3 is 2.57 bits per heavy atom. The van der Waals surface area contributed by atoms with E-state index in [9.17, 15) is 4.79 Å². The van der Waals surface area contributed by atoms with E-state index >= 15 is 0 Å². The van der Waals surface area contributed by atoms with Gasteiger partial charge in [-0.2, -0.15) is 16.9 Å². The van der Waals surface area contributed by atoms with Gasteiger partial charge >= 0.3 is 0 Å². The number of amides is 1. The highest BCUT2D eigenvalue weighted by molar-refractivity contribution is 7.99. The molecule has 0 atom stereocenters. The Balaban J connectivity index is 1.50. The summed E-state index contributed by atoms with van der Waals surface area (Å²) in [6.07, 6.45) is 0. The van der Waals surface area contributed by atoms with Crippen LogP contribution in [0.4, 0.5) is 11.4 Å². The van der Waals surface area contributed by atoms with E-state index in [1.54, 1.807) is 17.7 Å². The van der Waals surface area contributed by atoms with Crippen molar-refractivity contribution in [1.82, 2.24) is 9.78 Å². The minimum absolute atomic E-state index is 0.296. The number of aromatic nitrogens is 2. The highest BCUT2D eigenvalue weighted by Crippen LogP contribution is 2.31. The highest BCUT2D eigenvalue weighted by atomic mass is 35.5. The van der Waals surface area contributed by atoms with Gasteiger partial charge in [0.15, 0.2) is 0 Å². The van der Waals surface area contributed by atoms with Crippen LogP contribution in [0.5, 0.6) is 0 Å². The number of carbonyl (C=O) groups excluding carboxylic acids is 1. The molecule has 1 fully saturated rings. The van der Waals surface area contributed by atoms with Gasteiger partial charge in [-0.15, -0.1) is 0 Å². The summed E-state index contributed by atoms with van der Waals surface area (Å²) >= 11 is 15.0. The largest absolute Gasteiger partial charge is 0.369 e. The molecule has 3 aromatic rings. The Morgan fingerprint density at radius 1 is 1.13 bits per heavy atom. The van der Waals surface area contributed by atoms with Gasteiger partial charge in [-0.05, 0) is 30.7 Å². The third-order valence-electron chi connectivity index (χ3n) is 5.02. The first-order chi connectivity index (χ1) is 14.5. The van der Waals surface area contributed by atoms with Gasteiger partial charge in [0, 0.05) is 30.3 Å². The van der Waals surface area contributed by atoms with Crippen LogP contribution >= 0.6 is 35.0 Å². The number of hydrogen-bond donors (Lipinski definition) is 1. The Morgan fingerprint density at radius 2 is 1.87 bits per heavy atom. The lowest BCUT2D eigenvalue weighted by Gasteiger charge is -2.29. The first-order valence-corrected chi connectivity index (χ1v) is 11.6. The average molecular weight is 461 g/mol. The minimum Gasteiger partial charge on any atom is -0.369 e. The summed E-state index contributed by atoms with van der Waals surface area (Å²) in [5.74, 6) is 1.90. The van der Waals surface area contributed by atoms with Crippen molar-refractivity contribution in [2.45, 2.75) is 13.5 Å². The van der Waals surface area contributed by atoms with Gasteiger partial charge in [0.05, 0.1) is 28.5 Å². The summed E-state index contributed by atoms with van der Waals surface area (Å²) in [7, 11) is 0. The third-order valence-corrected chi connectivity index (χ3v) is 6.65. The second-order valence-corrected chi connectivity index (χ2v) is 9.10. The zero-order valence-corrected chi connectivity index (χ0v) is 18.9. The standard InChI is InChI=1S/C22H22Cl2N4OS/c1-15-20(21(24)28(26-15)14-16-5-3-2-4-6-16)22(29)25-17-7-8-19(18(23)13-17)27-9-11-30-12-10-27/h2-8,13H,9-12,14H2,1H3,(H,25,29). The van der Waals surface area contributed by atoms with Gasteiger partial charge in [0.2, 0.25) is 0 Å². The summed E-state index contributed by atoms with van der Waals surface area (Å²) < 4.78 is 1.64. The molecule has 5 nitrogen and oxygen atoms in total. The molecule has 0 spiro atoms. The van der Waals surface area contributed by atoms with Gasteiger partial charge in [0.1, 0.15) is 5.15 Å². The minimum atomic E-state index is -0.296. The molecule has 30 heavy (non-hydrogen) atoms. The number of hydrogen-bond acceptors (Lipinski definition) is 4. The van der Waals surface area contributed by atoms with E-state index in [4.69, 9.17) is 23.2 Å². The highest BCUT2D eigenvalue weighted by Gasteiger charge is 2.21. The predicted octanol–water partition coefficient (Wildman–Crippen LogP) is 5.35. The Hall–Kier alpha value is -2.15. The van der Waals surface area contributed by atoms with Gasteiger partial charge in [-0.1, -0.05) is 53.5 Å². The Bertz CT molecular complexity index is 1050. The maximum absolute atomic E-state index is 12.9. The van der Waals surface area contributed by atoms with E-state index in [1.807, 2.05) is 54.2 Å². The molecule has 1 N–H and O–H groups in total. The van der Waals surface area contributed by atoms with E-state index in [0.717, 1.165) is 35.8 Å². The van der Waals surface area contributed by atoms with E-state index in [2.05, 4.69) is 15.3 Å². The fraction of sp³-hybridized carbons (Fsp3) is 0.273. The lowest BCUT2D eigenvalue weighted by molar-refractivity contribution is 0.102. The first kappa shape index (κ1) is 21.1. The van der Waals surface area contributed by atoms with Crippen LogP contribution in [-0.2, 0) is 6.54 Å². The monoisotopic (exact) mass is 460 g/mol. The van der Waals surface area contributed by atoms with Crippen LogP contribution in [0.25, 0.3) is 0 Å². The maximum atomic E-state index is 12.9. The van der Waals surface area contributed by atoms with Crippen LogP contribution in [0.1, 0.15) is 21.6 Å². The lowest BCUT2D eigenvalue weighted by atomic mass is 10.2. The van der Waals surface area contributed by atoms with Crippen molar-refractivity contribution < 1.29 is 4.79 Å². The Labute approximate surface area is 190 Å². The molecule has 2 aromatic carbocycles. The molecule has 1 amide bonds. The summed E-state index contributed by atoms with van der Waals surface area (Å²) in [6.45, 7) is 4.24. The van der Waals surface area contributed by atoms with Crippen LogP contribution in [-0.4, -0.2) is 40.3 Å². The topological polar surface area (TPSA) is 50.2 Å². The smallest absolute Gasteiger partial charge is 0.260 e.